The molecule has 1 aromatic heterocycles. The molecule has 2 aromatic carbocycles. The van der Waals surface area contributed by atoms with E-state index in [-0.39, 0.29) is 12.0 Å². The molecule has 3 aromatic rings. The maximum Gasteiger partial charge on any atom is 0.124 e. The summed E-state index contributed by atoms with van der Waals surface area (Å²) in [6, 6.07) is 11.9. The summed E-state index contributed by atoms with van der Waals surface area (Å²) in [5, 5.41) is 6.23. The summed E-state index contributed by atoms with van der Waals surface area (Å²) < 4.78 is 10.9. The van der Waals surface area contributed by atoms with Gasteiger partial charge in [-0.1, -0.05) is 0 Å². The van der Waals surface area contributed by atoms with E-state index in [1.54, 1.807) is 14.2 Å². The Bertz CT molecular complexity index is 1080. The lowest BCUT2D eigenvalue weighted by molar-refractivity contribution is 0.380. The SMILES string of the molecule is COc1cc(OC)cc(N(c2ccc3ncc(C4C=NN(C)C4)nc3c2)[C@H](C)CN)c1. The highest BCUT2D eigenvalue weighted by atomic mass is 16.5. The zero-order valence-corrected chi connectivity index (χ0v) is 18.3. The lowest BCUT2D eigenvalue weighted by Crippen LogP contribution is -2.34. The molecule has 2 atom stereocenters. The van der Waals surface area contributed by atoms with Gasteiger partial charge >= 0.3 is 0 Å². The summed E-state index contributed by atoms with van der Waals surface area (Å²) in [6.45, 7) is 3.37. The van der Waals surface area contributed by atoms with Gasteiger partial charge in [0.1, 0.15) is 11.5 Å². The van der Waals surface area contributed by atoms with Crippen molar-refractivity contribution in [1.29, 1.82) is 0 Å². The summed E-state index contributed by atoms with van der Waals surface area (Å²) in [5.74, 6) is 1.58. The Labute approximate surface area is 182 Å². The van der Waals surface area contributed by atoms with E-state index in [0.29, 0.717) is 6.54 Å². The number of anilines is 2. The first-order chi connectivity index (χ1) is 15.0. The van der Waals surface area contributed by atoms with E-state index in [2.05, 4.69) is 28.0 Å². The van der Waals surface area contributed by atoms with Crippen LogP contribution in [0.3, 0.4) is 0 Å². The van der Waals surface area contributed by atoms with Crippen LogP contribution >= 0.6 is 0 Å². The first kappa shape index (κ1) is 20.9. The minimum absolute atomic E-state index is 0.0426. The van der Waals surface area contributed by atoms with Crippen molar-refractivity contribution in [2.75, 3.05) is 39.3 Å². The second-order valence-electron chi connectivity index (χ2n) is 7.70. The largest absolute Gasteiger partial charge is 0.497 e. The van der Waals surface area contributed by atoms with Crippen LogP contribution in [0, 0.1) is 0 Å². The van der Waals surface area contributed by atoms with E-state index in [9.17, 15) is 0 Å². The minimum Gasteiger partial charge on any atom is -0.497 e. The molecule has 162 valence electrons. The highest BCUT2D eigenvalue weighted by Crippen LogP contribution is 2.35. The molecule has 8 heteroatoms. The molecule has 0 aliphatic carbocycles. The molecule has 0 fully saturated rings. The molecule has 0 saturated heterocycles. The first-order valence-corrected chi connectivity index (χ1v) is 10.3. The lowest BCUT2D eigenvalue weighted by atomic mass is 10.1. The average Bonchev–Trinajstić information content (AvgIpc) is 3.24. The van der Waals surface area contributed by atoms with Gasteiger partial charge in [0.15, 0.2) is 0 Å². The van der Waals surface area contributed by atoms with Gasteiger partial charge < -0.3 is 20.1 Å². The number of nitrogens with two attached hydrogens (primary N) is 1. The molecule has 1 unspecified atom stereocenters. The van der Waals surface area contributed by atoms with Crippen LogP contribution in [-0.4, -0.2) is 61.6 Å². The molecule has 0 spiro atoms. The second kappa shape index (κ2) is 8.77. The molecule has 8 nitrogen and oxygen atoms in total. The van der Waals surface area contributed by atoms with Crippen LogP contribution in [0.5, 0.6) is 11.5 Å². The van der Waals surface area contributed by atoms with Crippen molar-refractivity contribution in [2.24, 2.45) is 10.8 Å². The van der Waals surface area contributed by atoms with Crippen molar-refractivity contribution in [3.05, 3.63) is 48.3 Å². The van der Waals surface area contributed by atoms with Gasteiger partial charge in [-0.15, -0.1) is 0 Å². The summed E-state index contributed by atoms with van der Waals surface area (Å²) in [4.78, 5) is 11.7. The molecule has 0 bridgehead atoms. The van der Waals surface area contributed by atoms with Crippen LogP contribution in [0.2, 0.25) is 0 Å². The van der Waals surface area contributed by atoms with Gasteiger partial charge in [-0.3, -0.25) is 9.99 Å². The van der Waals surface area contributed by atoms with Crippen LogP contribution in [-0.2, 0) is 0 Å². The Kier molecular flexibility index (Phi) is 5.90. The number of ether oxygens (including phenoxy) is 2. The van der Waals surface area contributed by atoms with Gasteiger partial charge in [0.25, 0.3) is 0 Å². The predicted octanol–water partition coefficient (Wildman–Crippen LogP) is 3.15. The van der Waals surface area contributed by atoms with Gasteiger partial charge in [0.2, 0.25) is 0 Å². The van der Waals surface area contributed by atoms with Crippen LogP contribution in [0.15, 0.2) is 47.7 Å². The van der Waals surface area contributed by atoms with Gasteiger partial charge in [-0.25, -0.2) is 4.98 Å². The first-order valence-electron chi connectivity index (χ1n) is 10.3. The van der Waals surface area contributed by atoms with Crippen molar-refractivity contribution in [3.63, 3.8) is 0 Å². The number of fused-ring (bicyclic) bond motifs is 1. The topological polar surface area (TPSA) is 89.1 Å². The van der Waals surface area contributed by atoms with Crippen molar-refractivity contribution in [2.45, 2.75) is 18.9 Å². The molecule has 0 amide bonds. The normalized spacial score (nSPS) is 16.5. The Hall–Kier alpha value is -3.39. The fraction of sp³-hybridized carbons (Fsp3) is 0.348. The minimum atomic E-state index is 0.0426. The summed E-state index contributed by atoms with van der Waals surface area (Å²) in [7, 11) is 5.25. The van der Waals surface area contributed by atoms with Crippen LogP contribution < -0.4 is 20.1 Å². The maximum absolute atomic E-state index is 6.07. The van der Waals surface area contributed by atoms with Gasteiger partial charge in [-0.05, 0) is 25.1 Å². The Morgan fingerprint density at radius 3 is 2.45 bits per heavy atom. The Morgan fingerprint density at radius 1 is 1.10 bits per heavy atom. The molecule has 1 aliphatic heterocycles. The standard InChI is InChI=1S/C23H28N6O2/c1-15(11-24)29(18-7-19(30-3)10-20(8-18)31-4)17-5-6-21-22(9-17)27-23(13-25-21)16-12-26-28(2)14-16/h5-10,12-13,15-16H,11,14,24H2,1-4H3/t15-,16?/m1/s1. The third-order valence-electron chi connectivity index (χ3n) is 5.50. The Balaban J connectivity index is 1.78. The molecular formula is C23H28N6O2. The molecule has 4 rings (SSSR count). The number of hydrogen-bond acceptors (Lipinski definition) is 8. The van der Waals surface area contributed by atoms with E-state index < -0.39 is 0 Å². The quantitative estimate of drug-likeness (QED) is 0.628. The highest BCUT2D eigenvalue weighted by molar-refractivity contribution is 5.82. The molecule has 1 aliphatic rings. The number of hydrazone groups is 1. The lowest BCUT2D eigenvalue weighted by Gasteiger charge is -2.31. The van der Waals surface area contributed by atoms with Crippen molar-refractivity contribution < 1.29 is 9.47 Å². The fourth-order valence-corrected chi connectivity index (χ4v) is 3.78. The van der Waals surface area contributed by atoms with Crippen LogP contribution in [0.25, 0.3) is 11.0 Å². The number of hydrogen-bond donors (Lipinski definition) is 1. The van der Waals surface area contributed by atoms with E-state index in [4.69, 9.17) is 20.2 Å². The molecule has 2 N–H and O–H groups in total. The van der Waals surface area contributed by atoms with E-state index >= 15 is 0 Å². The summed E-state index contributed by atoms with van der Waals surface area (Å²) in [6.07, 6.45) is 3.76. The highest BCUT2D eigenvalue weighted by Gasteiger charge is 2.21. The summed E-state index contributed by atoms with van der Waals surface area (Å²) >= 11 is 0. The number of benzene rings is 2. The number of nitrogens with zero attached hydrogens (tertiary/aromatic N) is 5. The molecule has 0 saturated carbocycles. The van der Waals surface area contributed by atoms with E-state index in [1.165, 1.54) is 0 Å². The van der Waals surface area contributed by atoms with E-state index in [1.807, 2.05) is 54.8 Å². The predicted molar refractivity (Wildman–Crippen MR) is 124 cm³/mol. The molecule has 31 heavy (non-hydrogen) atoms. The monoisotopic (exact) mass is 420 g/mol. The smallest absolute Gasteiger partial charge is 0.124 e. The zero-order valence-electron chi connectivity index (χ0n) is 18.3. The van der Waals surface area contributed by atoms with Gasteiger partial charge in [0.05, 0.1) is 36.9 Å². The van der Waals surface area contributed by atoms with Crippen molar-refractivity contribution in [1.82, 2.24) is 15.0 Å². The third-order valence-corrected chi connectivity index (χ3v) is 5.50. The average molecular weight is 421 g/mol. The van der Waals surface area contributed by atoms with Gasteiger partial charge in [-0.2, -0.15) is 5.10 Å². The second-order valence-corrected chi connectivity index (χ2v) is 7.70. The fourth-order valence-electron chi connectivity index (χ4n) is 3.78. The number of methoxy groups -OCH3 is 2. The van der Waals surface area contributed by atoms with Crippen LogP contribution in [0.4, 0.5) is 11.4 Å². The molecule has 0 radical (unpaired) electrons. The summed E-state index contributed by atoms with van der Waals surface area (Å²) in [5.41, 5.74) is 10.6. The van der Waals surface area contributed by atoms with Crippen LogP contribution in [0.1, 0.15) is 18.5 Å². The van der Waals surface area contributed by atoms with Crippen molar-refractivity contribution >= 4 is 28.6 Å². The molecule has 2 heterocycles. The number of likely N-dealkylation sites (N-methyl/N-ethyl adjacent to an activating group) is 1. The molecular weight excluding hydrogens is 392 g/mol. The van der Waals surface area contributed by atoms with E-state index in [0.717, 1.165) is 46.1 Å². The Morgan fingerprint density at radius 2 is 1.84 bits per heavy atom. The van der Waals surface area contributed by atoms with Crippen molar-refractivity contribution in [3.8, 4) is 11.5 Å². The maximum atomic E-state index is 6.07. The number of rotatable bonds is 7. The zero-order chi connectivity index (χ0) is 22.0. The number of aromatic nitrogens is 2. The third kappa shape index (κ3) is 4.25. The van der Waals surface area contributed by atoms with Gasteiger partial charge in [0, 0.05) is 68.2 Å².